The summed E-state index contributed by atoms with van der Waals surface area (Å²) in [5.74, 6) is 2.86. The molecule has 0 aliphatic carbocycles. The van der Waals surface area contributed by atoms with E-state index in [4.69, 9.17) is 5.73 Å². The highest BCUT2D eigenvalue weighted by Crippen LogP contribution is 2.12. The summed E-state index contributed by atoms with van der Waals surface area (Å²) in [6.07, 6.45) is 7.37. The van der Waals surface area contributed by atoms with E-state index in [2.05, 4.69) is 24.9 Å². The fourth-order valence-corrected chi connectivity index (χ4v) is 3.36. The van der Waals surface area contributed by atoms with Gasteiger partial charge in [-0.25, -0.2) is 9.97 Å². The third-order valence-electron chi connectivity index (χ3n) is 3.07. The minimum Gasteiger partial charge on any atom is -0.379 e. The zero-order valence-electron chi connectivity index (χ0n) is 13.9. The second-order valence-electron chi connectivity index (χ2n) is 4.78. The molecule has 25 heavy (non-hydrogen) atoms. The predicted molar refractivity (Wildman–Crippen MR) is 117 cm³/mol. The lowest BCUT2D eigenvalue weighted by Gasteiger charge is -2.01. The molecule has 2 rings (SSSR count). The second-order valence-corrected chi connectivity index (χ2v) is 7.00. The molecule has 0 radical (unpaired) electrons. The minimum atomic E-state index is 0. The zero-order chi connectivity index (χ0) is 15.6. The van der Waals surface area contributed by atoms with Gasteiger partial charge in [0.25, 0.3) is 0 Å². The van der Waals surface area contributed by atoms with Crippen molar-refractivity contribution in [3.63, 3.8) is 0 Å². The van der Waals surface area contributed by atoms with Gasteiger partial charge in [0.15, 0.2) is 5.17 Å². The van der Waals surface area contributed by atoms with Crippen molar-refractivity contribution in [1.82, 2.24) is 19.9 Å². The van der Waals surface area contributed by atoms with Gasteiger partial charge in [-0.05, 0) is 19.8 Å². The number of aliphatic imine (C=N–C) groups is 1. The molecule has 0 saturated carbocycles. The second kappa shape index (κ2) is 15.7. The molecular formula is C14H25Cl3N6S2. The summed E-state index contributed by atoms with van der Waals surface area (Å²) in [6.45, 7) is 2.80. The van der Waals surface area contributed by atoms with Crippen LogP contribution >= 0.6 is 60.7 Å². The van der Waals surface area contributed by atoms with Crippen molar-refractivity contribution in [3.8, 4) is 0 Å². The van der Waals surface area contributed by atoms with E-state index in [1.807, 2.05) is 24.9 Å². The fourth-order valence-electron chi connectivity index (χ4n) is 1.83. The molecular weight excluding hydrogens is 423 g/mol. The Kier molecular flexibility index (Phi) is 16.8. The first-order chi connectivity index (χ1) is 10.8. The molecule has 0 saturated heterocycles. The van der Waals surface area contributed by atoms with Crippen LogP contribution in [0.25, 0.3) is 0 Å². The first kappa shape index (κ1) is 26.7. The lowest BCUT2D eigenvalue weighted by Crippen LogP contribution is -2.09. The van der Waals surface area contributed by atoms with Gasteiger partial charge in [0.1, 0.15) is 0 Å². The van der Waals surface area contributed by atoms with Crippen molar-refractivity contribution in [2.24, 2.45) is 10.7 Å². The SMILES string of the molecule is Cc1[nH]cnc1CSCCN=C(N)SCCCc1cnc[nH]1.Cl.Cl.Cl. The Hall–Kier alpha value is -0.540. The average molecular weight is 448 g/mol. The van der Waals surface area contributed by atoms with Gasteiger partial charge in [-0.2, -0.15) is 11.8 Å². The number of nitrogens with one attached hydrogen (secondary N) is 2. The highest BCUT2D eigenvalue weighted by Gasteiger charge is 2.01. The zero-order valence-corrected chi connectivity index (χ0v) is 18.0. The molecule has 11 heteroatoms. The summed E-state index contributed by atoms with van der Waals surface area (Å²) in [5.41, 5.74) is 9.33. The fraction of sp³-hybridized carbons (Fsp3) is 0.500. The van der Waals surface area contributed by atoms with Crippen molar-refractivity contribution in [2.75, 3.05) is 18.1 Å². The van der Waals surface area contributed by atoms with E-state index >= 15 is 0 Å². The molecule has 0 aliphatic heterocycles. The number of thioether (sulfide) groups is 2. The molecule has 0 unspecified atom stereocenters. The largest absolute Gasteiger partial charge is 0.379 e. The number of hydrogen-bond donors (Lipinski definition) is 3. The first-order valence-corrected chi connectivity index (χ1v) is 9.36. The number of rotatable bonds is 9. The number of aryl methyl sites for hydroxylation is 2. The molecule has 0 bridgehead atoms. The van der Waals surface area contributed by atoms with Crippen LogP contribution in [0.4, 0.5) is 0 Å². The number of aromatic nitrogens is 4. The Morgan fingerprint density at radius 3 is 2.64 bits per heavy atom. The standard InChI is InChI=1S/C14H22N6S2.3ClH/c1-11-13(20-10-18-11)8-21-6-4-17-14(15)22-5-2-3-12-7-16-9-19-12;;;/h7,9-10H,2-6,8H2,1H3,(H2,15,17)(H,16,19)(H,18,20);3*1H. The van der Waals surface area contributed by atoms with Crippen molar-refractivity contribution in [3.05, 3.63) is 35.9 Å². The van der Waals surface area contributed by atoms with E-state index in [9.17, 15) is 0 Å². The lowest BCUT2D eigenvalue weighted by atomic mass is 10.3. The van der Waals surface area contributed by atoms with E-state index in [0.29, 0.717) is 5.17 Å². The molecule has 144 valence electrons. The van der Waals surface area contributed by atoms with Crippen LogP contribution in [-0.4, -0.2) is 43.2 Å². The normalized spacial score (nSPS) is 10.5. The highest BCUT2D eigenvalue weighted by molar-refractivity contribution is 8.13. The summed E-state index contributed by atoms with van der Waals surface area (Å²) in [6, 6.07) is 0. The van der Waals surface area contributed by atoms with Gasteiger partial charge in [0.05, 0.1) is 24.9 Å². The van der Waals surface area contributed by atoms with Crippen molar-refractivity contribution in [2.45, 2.75) is 25.5 Å². The molecule has 0 aliphatic rings. The van der Waals surface area contributed by atoms with E-state index in [1.165, 1.54) is 5.69 Å². The third kappa shape index (κ3) is 10.9. The maximum Gasteiger partial charge on any atom is 0.153 e. The van der Waals surface area contributed by atoms with Crippen LogP contribution in [0.15, 0.2) is 23.8 Å². The van der Waals surface area contributed by atoms with E-state index in [1.54, 1.807) is 24.4 Å². The summed E-state index contributed by atoms with van der Waals surface area (Å²) >= 11 is 3.45. The third-order valence-corrected chi connectivity index (χ3v) is 4.94. The van der Waals surface area contributed by atoms with Gasteiger partial charge in [-0.3, -0.25) is 4.99 Å². The van der Waals surface area contributed by atoms with Crippen LogP contribution in [0.1, 0.15) is 23.5 Å². The summed E-state index contributed by atoms with van der Waals surface area (Å²) in [7, 11) is 0. The first-order valence-electron chi connectivity index (χ1n) is 7.22. The van der Waals surface area contributed by atoms with Gasteiger partial charge in [0, 0.05) is 34.8 Å². The smallest absolute Gasteiger partial charge is 0.153 e. The molecule has 0 aromatic carbocycles. The Balaban J connectivity index is 0. The van der Waals surface area contributed by atoms with Crippen molar-refractivity contribution in [1.29, 1.82) is 0 Å². The number of amidine groups is 1. The molecule has 2 aromatic heterocycles. The topological polar surface area (TPSA) is 95.7 Å². The van der Waals surface area contributed by atoms with Crippen LogP contribution in [0.5, 0.6) is 0 Å². The summed E-state index contributed by atoms with van der Waals surface area (Å²) < 4.78 is 0. The van der Waals surface area contributed by atoms with Crippen molar-refractivity contribution >= 4 is 65.9 Å². The highest BCUT2D eigenvalue weighted by atomic mass is 35.5. The molecule has 0 spiro atoms. The Bertz CT molecular complexity index is 577. The van der Waals surface area contributed by atoms with Crippen LogP contribution < -0.4 is 5.73 Å². The van der Waals surface area contributed by atoms with Crippen LogP contribution in [0, 0.1) is 6.92 Å². The van der Waals surface area contributed by atoms with Crippen LogP contribution in [0.3, 0.4) is 0 Å². The Morgan fingerprint density at radius 1 is 1.20 bits per heavy atom. The number of H-pyrrole nitrogens is 2. The molecule has 0 atom stereocenters. The predicted octanol–water partition coefficient (Wildman–Crippen LogP) is 3.62. The van der Waals surface area contributed by atoms with Crippen molar-refractivity contribution < 1.29 is 0 Å². The summed E-state index contributed by atoms with van der Waals surface area (Å²) in [5, 5.41) is 0.682. The van der Waals surface area contributed by atoms with Gasteiger partial charge < -0.3 is 15.7 Å². The van der Waals surface area contributed by atoms with Crippen LogP contribution in [0.2, 0.25) is 0 Å². The Labute approximate surface area is 175 Å². The number of nitrogens with two attached hydrogens (primary N) is 1. The Morgan fingerprint density at radius 2 is 2.00 bits per heavy atom. The molecule has 6 nitrogen and oxygen atoms in total. The monoisotopic (exact) mass is 446 g/mol. The number of nitrogens with zero attached hydrogens (tertiary/aromatic N) is 3. The molecule has 2 heterocycles. The minimum absolute atomic E-state index is 0. The van der Waals surface area contributed by atoms with Gasteiger partial charge in [0.2, 0.25) is 0 Å². The maximum absolute atomic E-state index is 5.90. The van der Waals surface area contributed by atoms with Gasteiger partial charge in [-0.1, -0.05) is 11.8 Å². The number of hydrogen-bond acceptors (Lipinski definition) is 5. The number of halogens is 3. The molecule has 2 aromatic rings. The van der Waals surface area contributed by atoms with E-state index in [0.717, 1.165) is 48.0 Å². The number of imidazole rings is 2. The van der Waals surface area contributed by atoms with E-state index in [-0.39, 0.29) is 37.2 Å². The van der Waals surface area contributed by atoms with Crippen LogP contribution in [-0.2, 0) is 12.2 Å². The maximum atomic E-state index is 5.90. The molecule has 0 amide bonds. The average Bonchev–Trinajstić information content (AvgIpc) is 3.15. The molecule has 0 fully saturated rings. The lowest BCUT2D eigenvalue weighted by molar-refractivity contribution is 0.903. The summed E-state index contributed by atoms with van der Waals surface area (Å²) in [4.78, 5) is 18.8. The van der Waals surface area contributed by atoms with Gasteiger partial charge >= 0.3 is 0 Å². The van der Waals surface area contributed by atoms with E-state index < -0.39 is 0 Å². The quantitative estimate of drug-likeness (QED) is 0.310. The van der Waals surface area contributed by atoms with Gasteiger partial charge in [-0.15, -0.1) is 37.2 Å². The molecule has 4 N–H and O–H groups in total. The number of aromatic amines is 2.